The highest BCUT2D eigenvalue weighted by Gasteiger charge is 2.46. The molecule has 1 aliphatic heterocycles. The van der Waals surface area contributed by atoms with Crippen LogP contribution in [0.25, 0.3) is 0 Å². The highest BCUT2D eigenvalue weighted by atomic mass is 16.5. The topological polar surface area (TPSA) is 66.8 Å². The zero-order valence-electron chi connectivity index (χ0n) is 11.5. The molecular weight excluding hydrogens is 258 g/mol. The molecule has 1 N–H and O–H groups in total. The molecule has 1 aliphatic carbocycles. The second-order valence-electron chi connectivity index (χ2n) is 5.69. The van der Waals surface area contributed by atoms with Crippen LogP contribution in [0.5, 0.6) is 5.75 Å². The van der Waals surface area contributed by atoms with Crippen LogP contribution < -0.4 is 9.64 Å². The van der Waals surface area contributed by atoms with Gasteiger partial charge in [-0.05, 0) is 37.5 Å². The first-order valence-electron chi connectivity index (χ1n) is 6.73. The Labute approximate surface area is 117 Å². The van der Waals surface area contributed by atoms with Gasteiger partial charge in [0, 0.05) is 12.5 Å². The van der Waals surface area contributed by atoms with Crippen molar-refractivity contribution in [3.8, 4) is 5.75 Å². The van der Waals surface area contributed by atoms with E-state index < -0.39 is 12.1 Å². The summed E-state index contributed by atoms with van der Waals surface area (Å²) in [6.45, 7) is 1.72. The molecule has 5 heteroatoms. The first-order valence-corrected chi connectivity index (χ1v) is 6.73. The number of likely N-dealkylation sites (N-methyl/N-ethyl adjacent to an activating group) is 1. The minimum Gasteiger partial charge on any atom is -0.481 e. The van der Waals surface area contributed by atoms with Crippen molar-refractivity contribution in [2.24, 2.45) is 0 Å². The van der Waals surface area contributed by atoms with Gasteiger partial charge in [-0.3, -0.25) is 9.59 Å². The van der Waals surface area contributed by atoms with Crippen molar-refractivity contribution in [3.05, 3.63) is 23.8 Å². The molecule has 1 amide bonds. The fraction of sp³-hybridized carbons (Fsp3) is 0.467. The Bertz CT molecular complexity index is 592. The predicted molar refractivity (Wildman–Crippen MR) is 73.1 cm³/mol. The maximum Gasteiger partial charge on any atom is 0.304 e. The number of carboxylic acids is 1. The molecule has 1 aromatic rings. The number of hydrogen-bond acceptors (Lipinski definition) is 3. The predicted octanol–water partition coefficient (Wildman–Crippen LogP) is 1.94. The van der Waals surface area contributed by atoms with E-state index in [1.807, 2.05) is 18.2 Å². The molecular formula is C15H17NO4. The van der Waals surface area contributed by atoms with E-state index in [-0.39, 0.29) is 17.7 Å². The molecule has 0 spiro atoms. The minimum absolute atomic E-state index is 0.0854. The minimum atomic E-state index is -0.783. The van der Waals surface area contributed by atoms with Crippen LogP contribution in [0.3, 0.4) is 0 Å². The number of fused-ring (bicyclic) bond motifs is 1. The Kier molecular flexibility index (Phi) is 2.74. The van der Waals surface area contributed by atoms with Gasteiger partial charge in [0.2, 0.25) is 0 Å². The molecule has 5 nitrogen and oxygen atoms in total. The summed E-state index contributed by atoms with van der Waals surface area (Å²) in [5.74, 6) is -0.193. The first-order chi connectivity index (χ1) is 9.43. The summed E-state index contributed by atoms with van der Waals surface area (Å²) in [6, 6.07) is 5.66. The molecule has 0 radical (unpaired) electrons. The monoisotopic (exact) mass is 275 g/mol. The zero-order valence-corrected chi connectivity index (χ0v) is 11.5. The molecule has 3 rings (SSSR count). The van der Waals surface area contributed by atoms with E-state index in [4.69, 9.17) is 9.84 Å². The number of hydrogen-bond donors (Lipinski definition) is 1. The maximum absolute atomic E-state index is 11.9. The molecule has 1 unspecified atom stereocenters. The van der Waals surface area contributed by atoms with E-state index in [2.05, 4.69) is 0 Å². The molecule has 1 heterocycles. The molecule has 0 saturated heterocycles. The fourth-order valence-electron chi connectivity index (χ4n) is 2.85. The van der Waals surface area contributed by atoms with Gasteiger partial charge in [-0.15, -0.1) is 0 Å². The van der Waals surface area contributed by atoms with Crippen LogP contribution in [0.15, 0.2) is 18.2 Å². The SMILES string of the molecule is CC1Oc2ccc(C3(CC(=O)O)CC3)cc2N(C)C1=O. The summed E-state index contributed by atoms with van der Waals surface area (Å²) in [4.78, 5) is 24.5. The Morgan fingerprint density at radius 2 is 2.20 bits per heavy atom. The van der Waals surface area contributed by atoms with Crippen molar-refractivity contribution < 1.29 is 19.4 Å². The van der Waals surface area contributed by atoms with E-state index in [0.717, 1.165) is 24.1 Å². The van der Waals surface area contributed by atoms with Crippen LogP contribution in [0, 0.1) is 0 Å². The number of benzene rings is 1. The zero-order chi connectivity index (χ0) is 14.5. The number of aliphatic carboxylic acids is 1. The average Bonchev–Trinajstić information content (AvgIpc) is 3.16. The van der Waals surface area contributed by atoms with Crippen LogP contribution >= 0.6 is 0 Å². The highest BCUT2D eigenvalue weighted by molar-refractivity contribution is 5.99. The number of carbonyl (C=O) groups excluding carboxylic acids is 1. The van der Waals surface area contributed by atoms with Crippen molar-refractivity contribution >= 4 is 17.6 Å². The number of anilines is 1. The molecule has 1 atom stereocenters. The first kappa shape index (κ1) is 13.0. The molecule has 0 aromatic heterocycles. The van der Waals surface area contributed by atoms with Crippen LogP contribution in [0.2, 0.25) is 0 Å². The van der Waals surface area contributed by atoms with Gasteiger partial charge >= 0.3 is 5.97 Å². The lowest BCUT2D eigenvalue weighted by Crippen LogP contribution is -2.42. The molecule has 1 aromatic carbocycles. The lowest BCUT2D eigenvalue weighted by molar-refractivity contribution is -0.137. The van der Waals surface area contributed by atoms with Crippen LogP contribution in [-0.2, 0) is 15.0 Å². The van der Waals surface area contributed by atoms with Gasteiger partial charge in [0.1, 0.15) is 5.75 Å². The van der Waals surface area contributed by atoms with E-state index in [9.17, 15) is 9.59 Å². The number of carbonyl (C=O) groups is 2. The molecule has 1 saturated carbocycles. The Morgan fingerprint density at radius 3 is 2.80 bits per heavy atom. The van der Waals surface area contributed by atoms with Gasteiger partial charge < -0.3 is 14.7 Å². The Hall–Kier alpha value is -2.04. The van der Waals surface area contributed by atoms with Crippen LogP contribution in [0.1, 0.15) is 31.7 Å². The lowest BCUT2D eigenvalue weighted by atomic mass is 9.91. The van der Waals surface area contributed by atoms with Gasteiger partial charge in [-0.1, -0.05) is 6.07 Å². The summed E-state index contributed by atoms with van der Waals surface area (Å²) < 4.78 is 5.58. The van der Waals surface area contributed by atoms with Crippen molar-refractivity contribution in [2.45, 2.75) is 37.7 Å². The third-order valence-electron chi connectivity index (χ3n) is 4.26. The highest BCUT2D eigenvalue weighted by Crippen LogP contribution is 2.52. The molecule has 20 heavy (non-hydrogen) atoms. The standard InChI is InChI=1S/C15H17NO4/c1-9-14(19)16(2)11-7-10(3-4-12(11)20-9)15(5-6-15)8-13(17)18/h3-4,7,9H,5-6,8H2,1-2H3,(H,17,18). The van der Waals surface area contributed by atoms with E-state index in [1.165, 1.54) is 0 Å². The summed E-state index contributed by atoms with van der Waals surface area (Å²) in [7, 11) is 1.72. The Morgan fingerprint density at radius 1 is 1.50 bits per heavy atom. The average molecular weight is 275 g/mol. The second-order valence-corrected chi connectivity index (χ2v) is 5.69. The van der Waals surface area contributed by atoms with Crippen molar-refractivity contribution in [1.82, 2.24) is 0 Å². The van der Waals surface area contributed by atoms with Gasteiger partial charge in [0.15, 0.2) is 6.10 Å². The second kappa shape index (κ2) is 4.23. The van der Waals surface area contributed by atoms with E-state index >= 15 is 0 Å². The normalized spacial score (nSPS) is 23.0. The van der Waals surface area contributed by atoms with Gasteiger partial charge in [0.25, 0.3) is 5.91 Å². The van der Waals surface area contributed by atoms with Crippen molar-refractivity contribution in [3.63, 3.8) is 0 Å². The Balaban J connectivity index is 1.98. The fourth-order valence-corrected chi connectivity index (χ4v) is 2.85. The maximum atomic E-state index is 11.9. The van der Waals surface area contributed by atoms with Crippen molar-refractivity contribution in [1.29, 1.82) is 0 Å². The van der Waals surface area contributed by atoms with Gasteiger partial charge in [-0.25, -0.2) is 0 Å². The van der Waals surface area contributed by atoms with Crippen molar-refractivity contribution in [2.75, 3.05) is 11.9 Å². The van der Waals surface area contributed by atoms with E-state index in [0.29, 0.717) is 5.75 Å². The molecule has 106 valence electrons. The number of amides is 1. The quantitative estimate of drug-likeness (QED) is 0.915. The number of rotatable bonds is 3. The smallest absolute Gasteiger partial charge is 0.304 e. The summed E-state index contributed by atoms with van der Waals surface area (Å²) in [5, 5.41) is 9.03. The molecule has 1 fully saturated rings. The van der Waals surface area contributed by atoms with Gasteiger partial charge in [0.05, 0.1) is 12.1 Å². The number of ether oxygens (including phenoxy) is 1. The third kappa shape index (κ3) is 1.94. The van der Waals surface area contributed by atoms with Crippen LogP contribution in [-0.4, -0.2) is 30.1 Å². The van der Waals surface area contributed by atoms with Gasteiger partial charge in [-0.2, -0.15) is 0 Å². The number of carboxylic acid groups (broad SMARTS) is 1. The molecule has 2 aliphatic rings. The number of nitrogens with zero attached hydrogens (tertiary/aromatic N) is 1. The lowest BCUT2D eigenvalue weighted by Gasteiger charge is -2.31. The summed E-state index contributed by atoms with van der Waals surface area (Å²) >= 11 is 0. The molecule has 0 bridgehead atoms. The third-order valence-corrected chi connectivity index (χ3v) is 4.26. The largest absolute Gasteiger partial charge is 0.481 e. The summed E-state index contributed by atoms with van der Waals surface area (Å²) in [6.07, 6.45) is 1.42. The summed E-state index contributed by atoms with van der Waals surface area (Å²) in [5.41, 5.74) is 1.45. The van der Waals surface area contributed by atoms with Crippen LogP contribution in [0.4, 0.5) is 5.69 Å². The van der Waals surface area contributed by atoms with E-state index in [1.54, 1.807) is 18.9 Å².